The molecule has 4 unspecified atom stereocenters. The summed E-state index contributed by atoms with van der Waals surface area (Å²) in [5.74, 6) is 1.34. The Labute approximate surface area is 134 Å². The van der Waals surface area contributed by atoms with Crippen LogP contribution in [0, 0.1) is 17.8 Å². The predicted molar refractivity (Wildman–Crippen MR) is 86.5 cm³/mol. The lowest BCUT2D eigenvalue weighted by Gasteiger charge is -2.33. The van der Waals surface area contributed by atoms with Crippen LogP contribution in [0.1, 0.15) is 39.0 Å². The first-order valence-electron chi connectivity index (χ1n) is 7.99. The van der Waals surface area contributed by atoms with Crippen molar-refractivity contribution in [3.05, 3.63) is 0 Å². The Morgan fingerprint density at radius 1 is 1.00 bits per heavy atom. The quantitative estimate of drug-likeness (QED) is 0.829. The molecule has 3 fully saturated rings. The van der Waals surface area contributed by atoms with Crippen LogP contribution in [0.15, 0.2) is 0 Å². The molecule has 2 aliphatic heterocycles. The summed E-state index contributed by atoms with van der Waals surface area (Å²) in [4.78, 5) is 0. The molecule has 2 N–H and O–H groups in total. The minimum atomic E-state index is -3.27. The van der Waals surface area contributed by atoms with Crippen LogP contribution in [0.3, 0.4) is 0 Å². The first-order valence-corrected chi connectivity index (χ1v) is 9.39. The van der Waals surface area contributed by atoms with Crippen molar-refractivity contribution in [1.29, 1.82) is 0 Å². The molecule has 0 aromatic rings. The first-order chi connectivity index (χ1) is 9.48. The highest BCUT2D eigenvalue weighted by Crippen LogP contribution is 2.37. The Balaban J connectivity index is 0.00000161. The van der Waals surface area contributed by atoms with Crippen molar-refractivity contribution in [2.24, 2.45) is 23.5 Å². The molecule has 2 saturated heterocycles. The molecule has 4 atom stereocenters. The molecular weight excluding hydrogens is 310 g/mol. The van der Waals surface area contributed by atoms with Gasteiger partial charge in [-0.05, 0) is 43.4 Å². The van der Waals surface area contributed by atoms with Crippen molar-refractivity contribution in [3.63, 3.8) is 0 Å². The van der Waals surface area contributed by atoms with Gasteiger partial charge in [0.2, 0.25) is 0 Å². The fourth-order valence-corrected chi connectivity index (χ4v) is 6.05. The maximum atomic E-state index is 12.8. The predicted octanol–water partition coefficient (Wildman–Crippen LogP) is 1.44. The Morgan fingerprint density at radius 3 is 2.43 bits per heavy atom. The summed E-state index contributed by atoms with van der Waals surface area (Å²) in [5, 5.41) is 0. The van der Waals surface area contributed by atoms with E-state index in [1.54, 1.807) is 8.61 Å². The highest BCUT2D eigenvalue weighted by atomic mass is 35.5. The molecule has 5 nitrogen and oxygen atoms in total. The summed E-state index contributed by atoms with van der Waals surface area (Å²) >= 11 is 0. The molecule has 0 aromatic carbocycles. The van der Waals surface area contributed by atoms with Gasteiger partial charge in [0.25, 0.3) is 10.2 Å². The van der Waals surface area contributed by atoms with E-state index in [0.29, 0.717) is 43.9 Å². The van der Waals surface area contributed by atoms with Crippen molar-refractivity contribution in [1.82, 2.24) is 8.61 Å². The van der Waals surface area contributed by atoms with E-state index in [4.69, 9.17) is 5.73 Å². The lowest BCUT2D eigenvalue weighted by molar-refractivity contribution is 0.258. The average Bonchev–Trinajstić information content (AvgIpc) is 2.85. The van der Waals surface area contributed by atoms with Crippen LogP contribution in [0.5, 0.6) is 0 Å². The highest BCUT2D eigenvalue weighted by molar-refractivity contribution is 7.86. The normalized spacial score (nSPS) is 38.8. The van der Waals surface area contributed by atoms with Gasteiger partial charge in [0.1, 0.15) is 0 Å². The summed E-state index contributed by atoms with van der Waals surface area (Å²) in [7, 11) is -3.27. The molecule has 0 spiro atoms. The molecular formula is C14H28ClN3O2S. The van der Waals surface area contributed by atoms with Crippen LogP contribution in [-0.4, -0.2) is 49.2 Å². The lowest BCUT2D eigenvalue weighted by atomic mass is 9.78. The summed E-state index contributed by atoms with van der Waals surface area (Å²) in [6.45, 7) is 4.83. The fourth-order valence-electron chi connectivity index (χ4n) is 4.18. The molecule has 1 aliphatic carbocycles. The van der Waals surface area contributed by atoms with Gasteiger partial charge in [-0.15, -0.1) is 12.4 Å². The molecule has 0 bridgehead atoms. The topological polar surface area (TPSA) is 66.6 Å². The monoisotopic (exact) mass is 337 g/mol. The third-order valence-corrected chi connectivity index (χ3v) is 7.33. The lowest BCUT2D eigenvalue weighted by Crippen LogP contribution is -2.47. The molecule has 3 aliphatic rings. The number of piperidine rings is 1. The Hall–Kier alpha value is 0.120. The number of rotatable bonds is 2. The van der Waals surface area contributed by atoms with Gasteiger partial charge in [-0.2, -0.15) is 17.0 Å². The minimum absolute atomic E-state index is 0. The number of hydrogen-bond donors (Lipinski definition) is 1. The highest BCUT2D eigenvalue weighted by Gasteiger charge is 2.44. The van der Waals surface area contributed by atoms with Gasteiger partial charge >= 0.3 is 0 Å². The van der Waals surface area contributed by atoms with Crippen molar-refractivity contribution in [3.8, 4) is 0 Å². The van der Waals surface area contributed by atoms with E-state index in [-0.39, 0.29) is 18.4 Å². The Morgan fingerprint density at radius 2 is 1.76 bits per heavy atom. The second kappa shape index (κ2) is 6.71. The second-order valence-electron chi connectivity index (χ2n) is 6.95. The van der Waals surface area contributed by atoms with E-state index in [1.165, 1.54) is 0 Å². The molecule has 0 aromatic heterocycles. The zero-order valence-corrected chi connectivity index (χ0v) is 14.4. The van der Waals surface area contributed by atoms with Crippen molar-refractivity contribution in [2.75, 3.05) is 26.2 Å². The molecule has 124 valence electrons. The second-order valence-corrected chi connectivity index (χ2v) is 8.88. The van der Waals surface area contributed by atoms with E-state index >= 15 is 0 Å². The van der Waals surface area contributed by atoms with Crippen LogP contribution in [0.4, 0.5) is 0 Å². The van der Waals surface area contributed by atoms with E-state index in [1.807, 2.05) is 0 Å². The Bertz CT molecular complexity index is 459. The number of hydrogen-bond acceptors (Lipinski definition) is 3. The number of nitrogens with two attached hydrogens (primary N) is 1. The van der Waals surface area contributed by atoms with Crippen LogP contribution in [-0.2, 0) is 10.2 Å². The van der Waals surface area contributed by atoms with E-state index in [0.717, 1.165) is 32.1 Å². The van der Waals surface area contributed by atoms with E-state index < -0.39 is 10.2 Å². The van der Waals surface area contributed by atoms with Crippen LogP contribution >= 0.6 is 12.4 Å². The summed E-state index contributed by atoms with van der Waals surface area (Å²) in [5.41, 5.74) is 6.19. The first kappa shape index (κ1) is 17.5. The maximum absolute atomic E-state index is 12.8. The fraction of sp³-hybridized carbons (Fsp3) is 1.00. The van der Waals surface area contributed by atoms with Gasteiger partial charge in [-0.25, -0.2) is 0 Å². The van der Waals surface area contributed by atoms with Gasteiger partial charge in [0.05, 0.1) is 0 Å². The van der Waals surface area contributed by atoms with Gasteiger partial charge in [-0.3, -0.25) is 0 Å². The third-order valence-electron chi connectivity index (χ3n) is 5.39. The average molecular weight is 338 g/mol. The maximum Gasteiger partial charge on any atom is 0.282 e. The molecule has 1 saturated carbocycles. The van der Waals surface area contributed by atoms with Gasteiger partial charge in [0, 0.05) is 32.2 Å². The Kier molecular flexibility index (Phi) is 5.58. The summed E-state index contributed by atoms with van der Waals surface area (Å²) < 4.78 is 29.0. The van der Waals surface area contributed by atoms with Gasteiger partial charge < -0.3 is 5.73 Å². The van der Waals surface area contributed by atoms with Crippen molar-refractivity contribution >= 4 is 22.6 Å². The molecule has 3 rings (SSSR count). The molecule has 21 heavy (non-hydrogen) atoms. The summed E-state index contributed by atoms with van der Waals surface area (Å²) in [6.07, 6.45) is 5.47. The van der Waals surface area contributed by atoms with Crippen LogP contribution in [0.2, 0.25) is 0 Å². The van der Waals surface area contributed by atoms with Gasteiger partial charge in [0.15, 0.2) is 0 Å². The van der Waals surface area contributed by atoms with Gasteiger partial charge in [-0.1, -0.05) is 13.3 Å². The van der Waals surface area contributed by atoms with Crippen LogP contribution < -0.4 is 5.73 Å². The number of fused-ring (bicyclic) bond motifs is 1. The van der Waals surface area contributed by atoms with E-state index in [2.05, 4.69) is 6.92 Å². The van der Waals surface area contributed by atoms with Crippen LogP contribution in [0.25, 0.3) is 0 Å². The molecule has 0 amide bonds. The zero-order chi connectivity index (χ0) is 14.3. The molecule has 0 radical (unpaired) electrons. The van der Waals surface area contributed by atoms with Crippen molar-refractivity contribution in [2.45, 2.75) is 45.1 Å². The molecule has 7 heteroatoms. The smallest absolute Gasteiger partial charge is 0.282 e. The number of nitrogens with zero attached hydrogens (tertiary/aromatic N) is 2. The third kappa shape index (κ3) is 3.39. The largest absolute Gasteiger partial charge is 0.327 e. The van der Waals surface area contributed by atoms with E-state index in [9.17, 15) is 8.42 Å². The standard InChI is InChI=1S/C14H27N3O2S.ClH/c1-11-4-3-7-16(8-11)20(18,19)17-9-12-5-2-6-14(15)13(12)10-17;/h11-14H,2-10,15H2,1H3;1H. The summed E-state index contributed by atoms with van der Waals surface area (Å²) in [6, 6.07) is 0.189. The molecule has 2 heterocycles. The number of halogens is 1. The SMILES string of the molecule is CC1CCCN(S(=O)(=O)N2CC3CCCC(N)C3C2)C1.Cl. The zero-order valence-electron chi connectivity index (χ0n) is 12.8. The minimum Gasteiger partial charge on any atom is -0.327 e. The van der Waals surface area contributed by atoms with Crippen molar-refractivity contribution < 1.29 is 8.42 Å².